The summed E-state index contributed by atoms with van der Waals surface area (Å²) in [5.41, 5.74) is 1.42. The summed E-state index contributed by atoms with van der Waals surface area (Å²) in [6.07, 6.45) is 2.44. The molecule has 0 bridgehead atoms. The maximum Gasteiger partial charge on any atom is 0.332 e. The molecule has 0 spiro atoms. The first-order valence-electron chi connectivity index (χ1n) is 9.02. The van der Waals surface area contributed by atoms with Crippen LogP contribution in [0.25, 0.3) is 11.0 Å². The summed E-state index contributed by atoms with van der Waals surface area (Å²) in [6.45, 7) is 0. The third-order valence-electron chi connectivity index (χ3n) is 5.22. The number of nitrogens with zero attached hydrogens (tertiary/aromatic N) is 3. The van der Waals surface area contributed by atoms with Crippen LogP contribution >= 0.6 is 0 Å². The number of rotatable bonds is 4. The Morgan fingerprint density at radius 2 is 1.59 bits per heavy atom. The third-order valence-corrected chi connectivity index (χ3v) is 5.22. The molecule has 4 rings (SSSR count). The Labute approximate surface area is 155 Å². The molecule has 1 aromatic carbocycles. The molecular formula is C20H22N4O3. The molecule has 1 N–H and O–H groups in total. The van der Waals surface area contributed by atoms with Crippen molar-refractivity contribution in [3.05, 3.63) is 72.7 Å². The fourth-order valence-corrected chi connectivity index (χ4v) is 3.56. The second-order valence-corrected chi connectivity index (χ2v) is 7.20. The standard InChI is InChI=1S/C20H22N4O3/c1-22-17-15(19(26)24(3)20(27)23(17)2)16(21-13-9-10-13)14(18(22)25)11-12-7-5-4-6-8-12/h4-8,13,21H,9-11H2,1-3H3. The number of anilines is 1. The molecule has 0 amide bonds. The van der Waals surface area contributed by atoms with Gasteiger partial charge in [0, 0.05) is 39.2 Å². The van der Waals surface area contributed by atoms with Gasteiger partial charge in [0.2, 0.25) is 0 Å². The number of pyridine rings is 1. The Bertz CT molecular complexity index is 1210. The molecule has 7 nitrogen and oxygen atoms in total. The van der Waals surface area contributed by atoms with Crippen LogP contribution in [0, 0.1) is 0 Å². The Hall–Kier alpha value is -3.09. The lowest BCUT2D eigenvalue weighted by atomic mass is 10.0. The van der Waals surface area contributed by atoms with Gasteiger partial charge in [0.15, 0.2) is 0 Å². The molecule has 7 heteroatoms. The molecule has 0 atom stereocenters. The molecule has 3 aromatic rings. The zero-order chi connectivity index (χ0) is 19.3. The van der Waals surface area contributed by atoms with Gasteiger partial charge in [-0.2, -0.15) is 0 Å². The van der Waals surface area contributed by atoms with Crippen LogP contribution in [-0.4, -0.2) is 19.7 Å². The number of nitrogens with one attached hydrogen (secondary N) is 1. The van der Waals surface area contributed by atoms with Gasteiger partial charge in [-0.3, -0.25) is 23.3 Å². The van der Waals surface area contributed by atoms with E-state index in [1.54, 1.807) is 14.1 Å². The van der Waals surface area contributed by atoms with Crippen LogP contribution in [0.3, 0.4) is 0 Å². The van der Waals surface area contributed by atoms with Crippen LogP contribution in [-0.2, 0) is 27.6 Å². The Balaban J connectivity index is 2.11. The topological polar surface area (TPSA) is 78.0 Å². The maximum atomic E-state index is 13.2. The Morgan fingerprint density at radius 3 is 2.22 bits per heavy atom. The number of aryl methyl sites for hydroxylation is 2. The summed E-state index contributed by atoms with van der Waals surface area (Å²) in [5, 5.41) is 3.78. The molecule has 1 aliphatic carbocycles. The molecule has 0 unspecified atom stereocenters. The van der Waals surface area contributed by atoms with Gasteiger partial charge >= 0.3 is 5.69 Å². The highest BCUT2D eigenvalue weighted by atomic mass is 16.2. The zero-order valence-corrected chi connectivity index (χ0v) is 15.7. The van der Waals surface area contributed by atoms with Gasteiger partial charge in [-0.15, -0.1) is 0 Å². The highest BCUT2D eigenvalue weighted by Crippen LogP contribution is 2.30. The number of hydrogen-bond donors (Lipinski definition) is 1. The van der Waals surface area contributed by atoms with Crippen molar-refractivity contribution in [1.29, 1.82) is 0 Å². The van der Waals surface area contributed by atoms with E-state index in [1.165, 1.54) is 16.2 Å². The lowest BCUT2D eigenvalue weighted by Gasteiger charge is -2.19. The van der Waals surface area contributed by atoms with Crippen molar-refractivity contribution in [1.82, 2.24) is 13.7 Å². The first-order valence-corrected chi connectivity index (χ1v) is 9.02. The molecule has 27 heavy (non-hydrogen) atoms. The van der Waals surface area contributed by atoms with E-state index in [1.807, 2.05) is 30.3 Å². The molecule has 0 radical (unpaired) electrons. The number of aromatic nitrogens is 3. The van der Waals surface area contributed by atoms with Crippen molar-refractivity contribution in [2.24, 2.45) is 21.1 Å². The molecule has 1 saturated carbocycles. The van der Waals surface area contributed by atoms with Crippen LogP contribution in [0.2, 0.25) is 0 Å². The zero-order valence-electron chi connectivity index (χ0n) is 15.7. The molecule has 1 fully saturated rings. The molecule has 0 aliphatic heterocycles. The van der Waals surface area contributed by atoms with E-state index in [0.717, 1.165) is 23.0 Å². The van der Waals surface area contributed by atoms with Crippen molar-refractivity contribution in [2.75, 3.05) is 5.32 Å². The van der Waals surface area contributed by atoms with Crippen molar-refractivity contribution >= 4 is 16.7 Å². The number of fused-ring (bicyclic) bond motifs is 1. The van der Waals surface area contributed by atoms with Gasteiger partial charge in [0.25, 0.3) is 11.1 Å². The summed E-state index contributed by atoms with van der Waals surface area (Å²) >= 11 is 0. The van der Waals surface area contributed by atoms with Crippen LogP contribution in [0.15, 0.2) is 44.7 Å². The highest BCUT2D eigenvalue weighted by Gasteiger charge is 2.27. The van der Waals surface area contributed by atoms with E-state index in [9.17, 15) is 14.4 Å². The SMILES string of the molecule is Cn1c(=O)c2c(NC3CC3)c(Cc3ccccc3)c(=O)n(C)c2n(C)c1=O. The molecule has 0 saturated heterocycles. The predicted molar refractivity (Wildman–Crippen MR) is 106 cm³/mol. The average Bonchev–Trinajstić information content (AvgIpc) is 3.49. The molecule has 2 heterocycles. The Kier molecular flexibility index (Phi) is 4.02. The Morgan fingerprint density at radius 1 is 0.926 bits per heavy atom. The minimum absolute atomic E-state index is 0.197. The quantitative estimate of drug-likeness (QED) is 0.750. The van der Waals surface area contributed by atoms with Crippen LogP contribution < -0.4 is 22.1 Å². The van der Waals surface area contributed by atoms with Gasteiger partial charge in [-0.05, 0) is 18.4 Å². The van der Waals surface area contributed by atoms with Crippen LogP contribution in [0.5, 0.6) is 0 Å². The normalized spacial score (nSPS) is 13.9. The first-order chi connectivity index (χ1) is 12.9. The fraction of sp³-hybridized carbons (Fsp3) is 0.350. The number of hydrogen-bond acceptors (Lipinski definition) is 4. The first kappa shape index (κ1) is 17.3. The van der Waals surface area contributed by atoms with Crippen molar-refractivity contribution in [2.45, 2.75) is 25.3 Å². The van der Waals surface area contributed by atoms with Crippen molar-refractivity contribution < 1.29 is 0 Å². The largest absolute Gasteiger partial charge is 0.381 e. The second kappa shape index (κ2) is 6.26. The van der Waals surface area contributed by atoms with Crippen molar-refractivity contribution in [3.63, 3.8) is 0 Å². The summed E-state index contributed by atoms with van der Waals surface area (Å²) in [7, 11) is 4.66. The summed E-state index contributed by atoms with van der Waals surface area (Å²) in [4.78, 5) is 38.5. The minimum Gasteiger partial charge on any atom is -0.381 e. The molecule has 140 valence electrons. The van der Waals surface area contributed by atoms with E-state index in [2.05, 4.69) is 5.32 Å². The number of benzene rings is 1. The highest BCUT2D eigenvalue weighted by molar-refractivity contribution is 5.91. The molecule has 1 aliphatic rings. The fourth-order valence-electron chi connectivity index (χ4n) is 3.56. The smallest absolute Gasteiger partial charge is 0.332 e. The monoisotopic (exact) mass is 366 g/mol. The van der Waals surface area contributed by atoms with E-state index in [4.69, 9.17) is 0 Å². The molecular weight excluding hydrogens is 344 g/mol. The average molecular weight is 366 g/mol. The van der Waals surface area contributed by atoms with E-state index in [-0.39, 0.29) is 17.2 Å². The third kappa shape index (κ3) is 2.79. The van der Waals surface area contributed by atoms with Gasteiger partial charge in [0.1, 0.15) is 11.0 Å². The van der Waals surface area contributed by atoms with Gasteiger partial charge in [-0.1, -0.05) is 30.3 Å². The van der Waals surface area contributed by atoms with E-state index in [0.29, 0.717) is 28.7 Å². The predicted octanol–water partition coefficient (Wildman–Crippen LogP) is 1.10. The minimum atomic E-state index is -0.448. The maximum absolute atomic E-state index is 13.2. The molecule has 2 aromatic heterocycles. The van der Waals surface area contributed by atoms with Gasteiger partial charge < -0.3 is 5.32 Å². The van der Waals surface area contributed by atoms with Crippen LogP contribution in [0.4, 0.5) is 5.69 Å². The van der Waals surface area contributed by atoms with Gasteiger partial charge in [-0.25, -0.2) is 4.79 Å². The van der Waals surface area contributed by atoms with Crippen LogP contribution in [0.1, 0.15) is 24.0 Å². The lowest BCUT2D eigenvalue weighted by molar-refractivity contribution is 0.687. The van der Waals surface area contributed by atoms with Gasteiger partial charge in [0.05, 0.1) is 5.69 Å². The summed E-state index contributed by atoms with van der Waals surface area (Å²) in [5.74, 6) is 0. The second-order valence-electron chi connectivity index (χ2n) is 7.20. The van der Waals surface area contributed by atoms with Crippen molar-refractivity contribution in [3.8, 4) is 0 Å². The van der Waals surface area contributed by atoms with E-state index >= 15 is 0 Å². The summed E-state index contributed by atoms with van der Waals surface area (Å²) < 4.78 is 3.87. The lowest BCUT2D eigenvalue weighted by Crippen LogP contribution is -2.40. The van der Waals surface area contributed by atoms with E-state index < -0.39 is 5.69 Å². The summed E-state index contributed by atoms with van der Waals surface area (Å²) in [6, 6.07) is 9.97.